The molecule has 1 fully saturated rings. The quantitative estimate of drug-likeness (QED) is 0.435. The molecule has 3 heterocycles. The van der Waals surface area contributed by atoms with Gasteiger partial charge >= 0.3 is 11.8 Å². The number of nitrogens with zero attached hydrogens (tertiary/aromatic N) is 9. The highest BCUT2D eigenvalue weighted by Crippen LogP contribution is 2.29. The molecule has 29 heavy (non-hydrogen) atoms. The number of hydrogen-bond donors (Lipinski definition) is 0. The molecule has 12 nitrogen and oxygen atoms in total. The molecule has 0 aliphatic carbocycles. The van der Waals surface area contributed by atoms with E-state index < -0.39 is 17.4 Å². The van der Waals surface area contributed by atoms with Crippen molar-refractivity contribution >= 4 is 6.09 Å². The highest BCUT2D eigenvalue weighted by Gasteiger charge is 2.38. The Morgan fingerprint density at radius 3 is 2.83 bits per heavy atom. The lowest BCUT2D eigenvalue weighted by atomic mass is 10.1. The number of ether oxygens (including phenoxy) is 1. The van der Waals surface area contributed by atoms with E-state index in [0.29, 0.717) is 12.2 Å². The van der Waals surface area contributed by atoms with Gasteiger partial charge in [-0.1, -0.05) is 5.11 Å². The minimum atomic E-state index is -0.660. The van der Waals surface area contributed by atoms with Crippen molar-refractivity contribution in [2.24, 2.45) is 5.11 Å². The van der Waals surface area contributed by atoms with Crippen LogP contribution in [0.2, 0.25) is 0 Å². The molecule has 0 N–H and O–H groups in total. The van der Waals surface area contributed by atoms with Gasteiger partial charge in [-0.25, -0.2) is 19.3 Å². The zero-order valence-electron chi connectivity index (χ0n) is 16.8. The Morgan fingerprint density at radius 1 is 1.45 bits per heavy atom. The second-order valence-electron chi connectivity index (χ2n) is 7.87. The molecular weight excluding hydrogens is 378 g/mol. The molecule has 3 rings (SSSR count). The molecule has 1 saturated heterocycles. The molecule has 0 spiro atoms. The number of aromatic nitrogens is 5. The summed E-state index contributed by atoms with van der Waals surface area (Å²) in [5.41, 5.74) is 8.28. The maximum atomic E-state index is 12.7. The number of aryl methyl sites for hydroxylation is 1. The first-order valence-electron chi connectivity index (χ1n) is 9.15. The first kappa shape index (κ1) is 20.3. The minimum Gasteiger partial charge on any atom is -0.444 e. The van der Waals surface area contributed by atoms with Crippen molar-refractivity contribution in [3.63, 3.8) is 0 Å². The van der Waals surface area contributed by atoms with Gasteiger partial charge in [0.2, 0.25) is 0 Å². The van der Waals surface area contributed by atoms with Crippen LogP contribution in [0.1, 0.15) is 38.8 Å². The van der Waals surface area contributed by atoms with Crippen LogP contribution in [-0.4, -0.2) is 60.0 Å². The first-order chi connectivity index (χ1) is 13.7. The van der Waals surface area contributed by atoms with E-state index in [4.69, 9.17) is 10.3 Å². The lowest BCUT2D eigenvalue weighted by molar-refractivity contribution is 0.0227. The monoisotopic (exact) mass is 401 g/mol. The van der Waals surface area contributed by atoms with Crippen LogP contribution in [0.25, 0.3) is 16.3 Å². The van der Waals surface area contributed by atoms with Gasteiger partial charge in [0.1, 0.15) is 18.3 Å². The van der Waals surface area contributed by atoms with Crippen molar-refractivity contribution in [2.45, 2.75) is 51.8 Å². The predicted molar refractivity (Wildman–Crippen MR) is 103 cm³/mol. The average Bonchev–Trinajstić information content (AvgIpc) is 3.29. The molecule has 1 aliphatic heterocycles. The van der Waals surface area contributed by atoms with E-state index >= 15 is 0 Å². The second kappa shape index (κ2) is 7.92. The molecule has 0 unspecified atom stereocenters. The Balaban J connectivity index is 1.89. The van der Waals surface area contributed by atoms with Crippen LogP contribution in [0.15, 0.2) is 28.8 Å². The molecule has 2 aromatic heterocycles. The molecule has 0 radical (unpaired) electrons. The lowest BCUT2D eigenvalue weighted by Gasteiger charge is -2.27. The van der Waals surface area contributed by atoms with E-state index in [0.717, 1.165) is 5.56 Å². The number of likely N-dealkylation sites (tertiary alicyclic amines) is 1. The van der Waals surface area contributed by atoms with Gasteiger partial charge < -0.3 is 9.64 Å². The van der Waals surface area contributed by atoms with E-state index in [9.17, 15) is 9.59 Å². The smallest absolute Gasteiger partial charge is 0.410 e. The second-order valence-corrected chi connectivity index (χ2v) is 7.87. The van der Waals surface area contributed by atoms with Gasteiger partial charge in [0.05, 0.1) is 6.04 Å². The largest absolute Gasteiger partial charge is 0.444 e. The average molecular weight is 401 g/mol. The number of amides is 1. The summed E-state index contributed by atoms with van der Waals surface area (Å²) in [4.78, 5) is 37.6. The molecule has 2 aromatic rings. The van der Waals surface area contributed by atoms with Gasteiger partial charge in [-0.15, -0.1) is 0 Å². The van der Waals surface area contributed by atoms with E-state index in [1.54, 1.807) is 27.0 Å². The van der Waals surface area contributed by atoms with E-state index in [1.165, 1.54) is 26.8 Å². The summed E-state index contributed by atoms with van der Waals surface area (Å²) in [5.74, 6) is 0.399. The Kier molecular flexibility index (Phi) is 5.55. The fourth-order valence-corrected chi connectivity index (χ4v) is 3.31. The standard InChI is InChI=1S/C17H23N9O3/c1-11-7-24(15(27)22-14(11)26-10-19-9-21-26)13-5-12(6-20-23-18)25(8-13)16(28)29-17(2,3)4/h7,9-10,12-13H,5-6,8H2,1-4H3/t12-,13-/m0/s1. The number of carbonyl (C=O) groups is 1. The van der Waals surface area contributed by atoms with Crippen molar-refractivity contribution in [3.05, 3.63) is 45.3 Å². The maximum Gasteiger partial charge on any atom is 0.410 e. The van der Waals surface area contributed by atoms with Gasteiger partial charge in [-0.2, -0.15) is 10.1 Å². The van der Waals surface area contributed by atoms with Gasteiger partial charge in [-0.05, 0) is 39.6 Å². The fraction of sp³-hybridized carbons (Fsp3) is 0.588. The van der Waals surface area contributed by atoms with Gasteiger partial charge in [-0.3, -0.25) is 4.57 Å². The summed E-state index contributed by atoms with van der Waals surface area (Å²) in [7, 11) is 0. The lowest BCUT2D eigenvalue weighted by Crippen LogP contribution is -2.41. The van der Waals surface area contributed by atoms with Crippen molar-refractivity contribution in [1.29, 1.82) is 0 Å². The number of carbonyl (C=O) groups excluding carboxylic acids is 1. The zero-order chi connectivity index (χ0) is 21.2. The van der Waals surface area contributed by atoms with Crippen LogP contribution in [0.3, 0.4) is 0 Å². The normalized spacial score (nSPS) is 19.1. The third-order valence-electron chi connectivity index (χ3n) is 4.51. The van der Waals surface area contributed by atoms with Gasteiger partial charge in [0.25, 0.3) is 0 Å². The summed E-state index contributed by atoms with van der Waals surface area (Å²) < 4.78 is 8.40. The van der Waals surface area contributed by atoms with Crippen LogP contribution in [-0.2, 0) is 4.74 Å². The van der Waals surface area contributed by atoms with Crippen LogP contribution in [0.4, 0.5) is 4.79 Å². The summed E-state index contributed by atoms with van der Waals surface area (Å²) in [6.45, 7) is 7.51. The third-order valence-corrected chi connectivity index (χ3v) is 4.51. The molecule has 12 heteroatoms. The Hall–Kier alpha value is -3.40. The van der Waals surface area contributed by atoms with Crippen molar-refractivity contribution in [3.8, 4) is 5.82 Å². The highest BCUT2D eigenvalue weighted by molar-refractivity contribution is 5.69. The Morgan fingerprint density at radius 2 is 2.21 bits per heavy atom. The van der Waals surface area contributed by atoms with E-state index in [-0.39, 0.29) is 25.2 Å². The first-order valence-corrected chi connectivity index (χ1v) is 9.15. The zero-order valence-corrected chi connectivity index (χ0v) is 16.8. The molecule has 2 atom stereocenters. The summed E-state index contributed by atoms with van der Waals surface area (Å²) in [5, 5.41) is 7.62. The fourth-order valence-electron chi connectivity index (χ4n) is 3.31. The van der Waals surface area contributed by atoms with Gasteiger partial charge in [0.15, 0.2) is 5.82 Å². The summed E-state index contributed by atoms with van der Waals surface area (Å²) in [6, 6.07) is -0.683. The SMILES string of the molecule is Cc1cn([C@H]2C[C@@H](CN=[N+]=[N-])N(C(=O)OC(C)(C)C)C2)c(=O)nc1-n1cncn1. The number of rotatable bonds is 4. The third kappa shape index (κ3) is 4.54. The maximum absolute atomic E-state index is 12.7. The molecule has 1 aliphatic rings. The van der Waals surface area contributed by atoms with Crippen LogP contribution in [0.5, 0.6) is 0 Å². The van der Waals surface area contributed by atoms with E-state index in [1.807, 2.05) is 6.92 Å². The van der Waals surface area contributed by atoms with Crippen LogP contribution >= 0.6 is 0 Å². The van der Waals surface area contributed by atoms with Crippen molar-refractivity contribution in [2.75, 3.05) is 13.1 Å². The van der Waals surface area contributed by atoms with Crippen LogP contribution in [0, 0.1) is 6.92 Å². The number of azide groups is 1. The van der Waals surface area contributed by atoms with Crippen molar-refractivity contribution in [1.82, 2.24) is 29.2 Å². The van der Waals surface area contributed by atoms with Crippen LogP contribution < -0.4 is 5.69 Å². The Labute approximate surface area is 166 Å². The molecule has 0 saturated carbocycles. The molecule has 0 bridgehead atoms. The van der Waals surface area contributed by atoms with Gasteiger partial charge in [0, 0.05) is 35.8 Å². The summed E-state index contributed by atoms with van der Waals surface area (Å²) in [6.07, 6.45) is 4.47. The molecule has 1 amide bonds. The predicted octanol–water partition coefficient (Wildman–Crippen LogP) is 1.99. The molecule has 154 valence electrons. The summed E-state index contributed by atoms with van der Waals surface area (Å²) >= 11 is 0. The highest BCUT2D eigenvalue weighted by atomic mass is 16.6. The topological polar surface area (TPSA) is 144 Å². The molecule has 0 aromatic carbocycles. The van der Waals surface area contributed by atoms with Crippen molar-refractivity contribution < 1.29 is 9.53 Å². The molecular formula is C17H23N9O3. The Bertz CT molecular complexity index is 987. The van der Waals surface area contributed by atoms with E-state index in [2.05, 4.69) is 25.1 Å². The minimum absolute atomic E-state index is 0.102. The number of hydrogen-bond acceptors (Lipinski definition) is 7.